The van der Waals surface area contributed by atoms with E-state index in [9.17, 15) is 18.4 Å². The summed E-state index contributed by atoms with van der Waals surface area (Å²) in [6, 6.07) is 11.1. The van der Waals surface area contributed by atoms with E-state index < -0.39 is 35.5 Å². The number of hydrogen-bond acceptors (Lipinski definition) is 4. The second-order valence-electron chi connectivity index (χ2n) is 8.78. The van der Waals surface area contributed by atoms with Gasteiger partial charge in [0.05, 0.1) is 6.04 Å². The maximum Gasteiger partial charge on any atom is 0.410 e. The summed E-state index contributed by atoms with van der Waals surface area (Å²) in [5, 5.41) is 2.77. The minimum absolute atomic E-state index is 0.0392. The van der Waals surface area contributed by atoms with E-state index in [1.54, 1.807) is 20.8 Å². The van der Waals surface area contributed by atoms with Gasteiger partial charge in [0, 0.05) is 18.2 Å². The smallest absolute Gasteiger partial charge is 0.410 e. The van der Waals surface area contributed by atoms with Gasteiger partial charge in [-0.3, -0.25) is 0 Å². The molecule has 0 aromatic heterocycles. The SMILES string of the molecule is CC(C)(C)OC(=O)N[C@@H]1CCN(C(=O)OCc2ccccc2)[C@H](c2cc(F)ccc2F)C1. The Kier molecular flexibility index (Phi) is 7.33. The first-order valence-corrected chi connectivity index (χ1v) is 10.5. The predicted octanol–water partition coefficient (Wildman–Crippen LogP) is 5.33. The Morgan fingerprint density at radius 1 is 1.12 bits per heavy atom. The zero-order valence-electron chi connectivity index (χ0n) is 18.4. The van der Waals surface area contributed by atoms with Gasteiger partial charge in [-0.1, -0.05) is 30.3 Å². The van der Waals surface area contributed by atoms with Crippen LogP contribution in [-0.2, 0) is 16.1 Å². The Balaban J connectivity index is 1.76. The lowest BCUT2D eigenvalue weighted by atomic mass is 9.91. The van der Waals surface area contributed by atoms with Crippen molar-refractivity contribution in [2.75, 3.05) is 6.54 Å². The number of carbonyl (C=O) groups is 2. The van der Waals surface area contributed by atoms with Gasteiger partial charge in [0.15, 0.2) is 0 Å². The highest BCUT2D eigenvalue weighted by Crippen LogP contribution is 2.34. The lowest BCUT2D eigenvalue weighted by Crippen LogP contribution is -2.49. The molecule has 2 amide bonds. The molecule has 0 radical (unpaired) electrons. The van der Waals surface area contributed by atoms with Gasteiger partial charge in [0.2, 0.25) is 0 Å². The van der Waals surface area contributed by atoms with E-state index in [2.05, 4.69) is 5.32 Å². The van der Waals surface area contributed by atoms with Gasteiger partial charge in [-0.2, -0.15) is 0 Å². The normalized spacial score (nSPS) is 18.7. The van der Waals surface area contributed by atoms with Crippen LogP contribution >= 0.6 is 0 Å². The molecule has 0 bridgehead atoms. The number of rotatable bonds is 4. The Morgan fingerprint density at radius 2 is 1.84 bits per heavy atom. The van der Waals surface area contributed by atoms with Crippen molar-refractivity contribution in [1.29, 1.82) is 0 Å². The second kappa shape index (κ2) is 9.97. The number of alkyl carbamates (subject to hydrolysis) is 1. The second-order valence-corrected chi connectivity index (χ2v) is 8.78. The van der Waals surface area contributed by atoms with Gasteiger partial charge < -0.3 is 19.7 Å². The van der Waals surface area contributed by atoms with Crippen LogP contribution in [0, 0.1) is 11.6 Å². The van der Waals surface area contributed by atoms with E-state index in [4.69, 9.17) is 9.47 Å². The third-order valence-electron chi connectivity index (χ3n) is 5.08. The van der Waals surface area contributed by atoms with Gasteiger partial charge in [-0.05, 0) is 57.4 Å². The Labute approximate surface area is 186 Å². The molecule has 0 aliphatic carbocycles. The van der Waals surface area contributed by atoms with Gasteiger partial charge in [-0.15, -0.1) is 0 Å². The molecule has 2 aromatic carbocycles. The van der Waals surface area contributed by atoms with E-state index in [1.807, 2.05) is 30.3 Å². The number of nitrogens with one attached hydrogen (secondary N) is 1. The topological polar surface area (TPSA) is 67.9 Å². The fourth-order valence-corrected chi connectivity index (χ4v) is 3.66. The van der Waals surface area contributed by atoms with Crippen LogP contribution in [0.3, 0.4) is 0 Å². The standard InChI is InChI=1S/C24H28F2N2O4/c1-24(2,3)32-22(29)27-18-11-12-28(23(30)31-15-16-7-5-4-6-8-16)21(14-18)19-13-17(25)9-10-20(19)26/h4-10,13,18,21H,11-12,14-15H2,1-3H3,(H,27,29)/t18-,21+/m1/s1. The van der Waals surface area contributed by atoms with Gasteiger partial charge in [0.1, 0.15) is 23.8 Å². The number of likely N-dealkylation sites (tertiary alicyclic amines) is 1. The molecule has 32 heavy (non-hydrogen) atoms. The van der Waals surface area contributed by atoms with E-state index in [-0.39, 0.29) is 31.2 Å². The van der Waals surface area contributed by atoms with Crippen molar-refractivity contribution in [3.8, 4) is 0 Å². The first kappa shape index (κ1) is 23.5. The molecule has 172 valence electrons. The molecule has 2 aromatic rings. The van der Waals surface area contributed by atoms with Gasteiger partial charge >= 0.3 is 12.2 Å². The van der Waals surface area contributed by atoms with Crippen molar-refractivity contribution in [2.45, 2.75) is 57.9 Å². The Bertz CT molecular complexity index is 947. The minimum Gasteiger partial charge on any atom is -0.445 e. The fourth-order valence-electron chi connectivity index (χ4n) is 3.66. The lowest BCUT2D eigenvalue weighted by molar-refractivity contribution is 0.0412. The van der Waals surface area contributed by atoms with E-state index in [0.717, 1.165) is 23.8 Å². The van der Waals surface area contributed by atoms with Crippen molar-refractivity contribution >= 4 is 12.2 Å². The average Bonchev–Trinajstić information content (AvgIpc) is 2.73. The fraction of sp³-hybridized carbons (Fsp3) is 0.417. The number of halogens is 2. The van der Waals surface area contributed by atoms with Crippen LogP contribution < -0.4 is 5.32 Å². The van der Waals surface area contributed by atoms with Crippen LogP contribution in [0.15, 0.2) is 48.5 Å². The number of hydrogen-bond donors (Lipinski definition) is 1. The summed E-state index contributed by atoms with van der Waals surface area (Å²) in [4.78, 5) is 26.4. The van der Waals surface area contributed by atoms with Crippen molar-refractivity contribution in [3.05, 3.63) is 71.3 Å². The van der Waals surface area contributed by atoms with Crippen LogP contribution in [0.25, 0.3) is 0 Å². The molecule has 3 rings (SSSR count). The summed E-state index contributed by atoms with van der Waals surface area (Å²) in [6.07, 6.45) is -0.605. The summed E-state index contributed by atoms with van der Waals surface area (Å²) in [7, 11) is 0. The number of carbonyl (C=O) groups excluding carboxylic acids is 2. The Morgan fingerprint density at radius 3 is 2.53 bits per heavy atom. The zero-order valence-corrected chi connectivity index (χ0v) is 18.4. The third-order valence-corrected chi connectivity index (χ3v) is 5.08. The summed E-state index contributed by atoms with van der Waals surface area (Å²) in [5.41, 5.74) is 0.188. The predicted molar refractivity (Wildman–Crippen MR) is 115 cm³/mol. The molecule has 1 N–H and O–H groups in total. The lowest BCUT2D eigenvalue weighted by Gasteiger charge is -2.39. The first-order chi connectivity index (χ1) is 15.1. The summed E-state index contributed by atoms with van der Waals surface area (Å²) >= 11 is 0. The van der Waals surface area contributed by atoms with E-state index in [1.165, 1.54) is 4.90 Å². The molecular weight excluding hydrogens is 418 g/mol. The molecule has 1 aliphatic heterocycles. The monoisotopic (exact) mass is 446 g/mol. The third kappa shape index (κ3) is 6.42. The van der Waals surface area contributed by atoms with Gasteiger partial charge in [-0.25, -0.2) is 18.4 Å². The first-order valence-electron chi connectivity index (χ1n) is 10.5. The average molecular weight is 446 g/mol. The van der Waals surface area contributed by atoms with E-state index >= 15 is 0 Å². The molecule has 0 spiro atoms. The van der Waals surface area contributed by atoms with E-state index in [0.29, 0.717) is 6.42 Å². The number of benzene rings is 2. The highest BCUT2D eigenvalue weighted by molar-refractivity contribution is 5.70. The van der Waals surface area contributed by atoms with Crippen molar-refractivity contribution < 1.29 is 27.8 Å². The summed E-state index contributed by atoms with van der Waals surface area (Å²) < 4.78 is 39.2. The minimum atomic E-state index is -0.803. The van der Waals surface area contributed by atoms with Crippen LogP contribution in [-0.4, -0.2) is 35.3 Å². The van der Waals surface area contributed by atoms with Gasteiger partial charge in [0.25, 0.3) is 0 Å². The largest absolute Gasteiger partial charge is 0.445 e. The van der Waals surface area contributed by atoms with Crippen molar-refractivity contribution in [3.63, 3.8) is 0 Å². The van der Waals surface area contributed by atoms with Crippen molar-refractivity contribution in [1.82, 2.24) is 10.2 Å². The zero-order chi connectivity index (χ0) is 23.3. The molecule has 6 nitrogen and oxygen atoms in total. The number of nitrogens with zero attached hydrogens (tertiary/aromatic N) is 1. The summed E-state index contributed by atoms with van der Waals surface area (Å²) in [6.45, 7) is 5.53. The summed E-state index contributed by atoms with van der Waals surface area (Å²) in [5.74, 6) is -1.24. The van der Waals surface area contributed by atoms with Crippen LogP contribution in [0.5, 0.6) is 0 Å². The maximum atomic E-state index is 14.6. The van der Waals surface area contributed by atoms with Crippen LogP contribution in [0.1, 0.15) is 50.8 Å². The molecule has 1 saturated heterocycles. The number of piperidine rings is 1. The molecule has 1 aliphatic rings. The molecule has 1 heterocycles. The molecule has 0 saturated carbocycles. The highest BCUT2D eigenvalue weighted by atomic mass is 19.1. The van der Waals surface area contributed by atoms with Crippen LogP contribution in [0.4, 0.5) is 18.4 Å². The molecule has 1 fully saturated rings. The molecule has 0 unspecified atom stereocenters. The number of amides is 2. The Hall–Kier alpha value is -3.16. The number of ether oxygens (including phenoxy) is 2. The molecule has 2 atom stereocenters. The van der Waals surface area contributed by atoms with Crippen molar-refractivity contribution in [2.24, 2.45) is 0 Å². The highest BCUT2D eigenvalue weighted by Gasteiger charge is 2.36. The van der Waals surface area contributed by atoms with Crippen LogP contribution in [0.2, 0.25) is 0 Å². The molecular formula is C24H28F2N2O4. The maximum absolute atomic E-state index is 14.6. The molecule has 8 heteroatoms. The quantitative estimate of drug-likeness (QED) is 0.689.